The van der Waals surface area contributed by atoms with Gasteiger partial charge < -0.3 is 9.88 Å². The monoisotopic (exact) mass is 363 g/mol. The molecule has 0 bridgehead atoms. The maximum atomic E-state index is 13.2. The standard InChI is InChI=1S/C23H29N3O/c1-4-23(5-2)13-26(14-23)22(27)16-9-18-17-7-6-8-19-21(17)15(11-24-19)10-20(18)25(3)12-16/h6-9,11,16,20,24H,4-5,10,12-14H2,1-3H3. The van der Waals surface area contributed by atoms with Gasteiger partial charge in [0.1, 0.15) is 0 Å². The van der Waals surface area contributed by atoms with E-state index in [0.29, 0.717) is 17.4 Å². The van der Waals surface area contributed by atoms with Gasteiger partial charge in [0.15, 0.2) is 0 Å². The minimum absolute atomic E-state index is 0.0243. The summed E-state index contributed by atoms with van der Waals surface area (Å²) in [5.74, 6) is 0.293. The van der Waals surface area contributed by atoms with Crippen LogP contribution in [-0.4, -0.2) is 53.4 Å². The van der Waals surface area contributed by atoms with E-state index < -0.39 is 0 Å². The van der Waals surface area contributed by atoms with Gasteiger partial charge in [0, 0.05) is 48.2 Å². The van der Waals surface area contributed by atoms with Gasteiger partial charge in [0.05, 0.1) is 5.92 Å². The van der Waals surface area contributed by atoms with Crippen molar-refractivity contribution in [3.05, 3.63) is 41.6 Å². The van der Waals surface area contributed by atoms with Crippen LogP contribution in [0.3, 0.4) is 0 Å². The molecule has 1 fully saturated rings. The van der Waals surface area contributed by atoms with Crippen molar-refractivity contribution >= 4 is 22.4 Å². The topological polar surface area (TPSA) is 39.3 Å². The van der Waals surface area contributed by atoms with E-state index in [0.717, 1.165) is 26.1 Å². The molecule has 1 aliphatic carbocycles. The Bertz CT molecular complexity index is 928. The van der Waals surface area contributed by atoms with E-state index in [1.165, 1.54) is 40.4 Å². The number of H-pyrrole nitrogens is 1. The first-order valence-corrected chi connectivity index (χ1v) is 10.4. The number of aromatic nitrogens is 1. The van der Waals surface area contributed by atoms with Crippen LogP contribution in [0.25, 0.3) is 16.5 Å². The lowest BCUT2D eigenvalue weighted by Crippen LogP contribution is -2.60. The second-order valence-corrected chi connectivity index (χ2v) is 8.83. The number of aromatic amines is 1. The minimum atomic E-state index is -0.0243. The Kier molecular flexibility index (Phi) is 3.77. The van der Waals surface area contributed by atoms with E-state index in [-0.39, 0.29) is 5.92 Å². The Hall–Kier alpha value is -2.07. The number of fused-ring (bicyclic) bond motifs is 2. The summed E-state index contributed by atoms with van der Waals surface area (Å²) in [7, 11) is 2.17. The predicted molar refractivity (Wildman–Crippen MR) is 109 cm³/mol. The van der Waals surface area contributed by atoms with E-state index in [4.69, 9.17) is 0 Å². The molecule has 4 nitrogen and oxygen atoms in total. The third-order valence-corrected chi connectivity index (χ3v) is 7.45. The zero-order valence-electron chi connectivity index (χ0n) is 16.6. The van der Waals surface area contributed by atoms with Crippen LogP contribution in [-0.2, 0) is 11.2 Å². The van der Waals surface area contributed by atoms with Crippen molar-refractivity contribution in [3.63, 3.8) is 0 Å². The lowest BCUT2D eigenvalue weighted by Gasteiger charge is -2.51. The zero-order valence-corrected chi connectivity index (χ0v) is 16.6. The molecule has 1 aromatic carbocycles. The Labute approximate surface area is 161 Å². The van der Waals surface area contributed by atoms with Gasteiger partial charge in [0.2, 0.25) is 5.91 Å². The summed E-state index contributed by atoms with van der Waals surface area (Å²) in [6.45, 7) is 7.20. The van der Waals surface area contributed by atoms with Gasteiger partial charge in [-0.15, -0.1) is 0 Å². The van der Waals surface area contributed by atoms with Crippen molar-refractivity contribution in [2.75, 3.05) is 26.7 Å². The van der Waals surface area contributed by atoms with Crippen molar-refractivity contribution in [3.8, 4) is 0 Å². The molecule has 2 atom stereocenters. The molecule has 4 heteroatoms. The minimum Gasteiger partial charge on any atom is -0.361 e. The van der Waals surface area contributed by atoms with E-state index in [1.807, 2.05) is 0 Å². The average Bonchev–Trinajstić information content (AvgIpc) is 3.07. The van der Waals surface area contributed by atoms with Gasteiger partial charge in [0.25, 0.3) is 0 Å². The van der Waals surface area contributed by atoms with Crippen molar-refractivity contribution in [2.24, 2.45) is 11.3 Å². The third kappa shape index (κ3) is 2.42. The molecule has 2 unspecified atom stereocenters. The quantitative estimate of drug-likeness (QED) is 0.903. The molecule has 5 rings (SSSR count). The second kappa shape index (κ2) is 5.96. The summed E-state index contributed by atoms with van der Waals surface area (Å²) in [6, 6.07) is 6.87. The first-order valence-electron chi connectivity index (χ1n) is 10.4. The van der Waals surface area contributed by atoms with Crippen LogP contribution in [0, 0.1) is 11.3 Å². The van der Waals surface area contributed by atoms with Gasteiger partial charge >= 0.3 is 0 Å². The van der Waals surface area contributed by atoms with Crippen LogP contribution in [0.4, 0.5) is 0 Å². The van der Waals surface area contributed by atoms with Crippen LogP contribution >= 0.6 is 0 Å². The number of carbonyl (C=O) groups excluding carboxylic acids is 1. The van der Waals surface area contributed by atoms with E-state index in [9.17, 15) is 4.79 Å². The normalized spacial score (nSPS) is 26.5. The molecular formula is C23H29N3O. The Morgan fingerprint density at radius 3 is 2.78 bits per heavy atom. The smallest absolute Gasteiger partial charge is 0.230 e. The van der Waals surface area contributed by atoms with Gasteiger partial charge in [-0.3, -0.25) is 9.69 Å². The van der Waals surface area contributed by atoms with Crippen molar-refractivity contribution in [1.29, 1.82) is 0 Å². The molecule has 2 aliphatic heterocycles. The first-order chi connectivity index (χ1) is 13.0. The molecule has 3 aliphatic rings. The fourth-order valence-corrected chi connectivity index (χ4v) is 5.46. The molecule has 0 saturated carbocycles. The molecule has 142 valence electrons. The molecule has 1 amide bonds. The number of amides is 1. The fraction of sp³-hybridized carbons (Fsp3) is 0.522. The van der Waals surface area contributed by atoms with Crippen LogP contribution in [0.2, 0.25) is 0 Å². The second-order valence-electron chi connectivity index (χ2n) is 8.83. The number of nitrogens with one attached hydrogen (secondary N) is 1. The highest BCUT2D eigenvalue weighted by molar-refractivity contribution is 5.99. The highest BCUT2D eigenvalue weighted by Gasteiger charge is 2.45. The SMILES string of the molecule is CCC1(CC)CN(C(=O)C2C=C3c4cccc5[nH]cc(c45)CC3N(C)C2)C1. The fourth-order valence-electron chi connectivity index (χ4n) is 5.46. The number of likely N-dealkylation sites (tertiary alicyclic amines) is 1. The number of hydrogen-bond acceptors (Lipinski definition) is 2. The number of carbonyl (C=O) groups is 1. The molecule has 2 aromatic rings. The average molecular weight is 364 g/mol. The molecule has 0 spiro atoms. The zero-order chi connectivity index (χ0) is 18.8. The van der Waals surface area contributed by atoms with E-state index in [2.05, 4.69) is 66.2 Å². The van der Waals surface area contributed by atoms with Crippen LogP contribution in [0.1, 0.15) is 37.8 Å². The van der Waals surface area contributed by atoms with Crippen LogP contribution in [0.15, 0.2) is 30.5 Å². The number of nitrogens with zero attached hydrogens (tertiary/aromatic N) is 2. The molecule has 1 aromatic heterocycles. The number of benzene rings is 1. The molecule has 27 heavy (non-hydrogen) atoms. The Morgan fingerprint density at radius 2 is 2.04 bits per heavy atom. The molecule has 0 radical (unpaired) electrons. The molecule has 1 saturated heterocycles. The summed E-state index contributed by atoms with van der Waals surface area (Å²) in [5, 5.41) is 1.35. The third-order valence-electron chi connectivity index (χ3n) is 7.45. The van der Waals surface area contributed by atoms with Crippen molar-refractivity contribution in [2.45, 2.75) is 39.2 Å². The maximum Gasteiger partial charge on any atom is 0.230 e. The molecule has 3 heterocycles. The van der Waals surface area contributed by atoms with E-state index >= 15 is 0 Å². The van der Waals surface area contributed by atoms with Gasteiger partial charge in [-0.05, 0) is 49.1 Å². The number of rotatable bonds is 3. The summed E-state index contributed by atoms with van der Waals surface area (Å²) in [5.41, 5.74) is 5.62. The highest BCUT2D eigenvalue weighted by atomic mass is 16.2. The number of hydrogen-bond donors (Lipinski definition) is 1. The first kappa shape index (κ1) is 17.1. The summed E-state index contributed by atoms with van der Waals surface area (Å²) in [6.07, 6.45) is 7.80. The predicted octanol–water partition coefficient (Wildman–Crippen LogP) is 3.69. The van der Waals surface area contributed by atoms with Gasteiger partial charge in [-0.2, -0.15) is 0 Å². The van der Waals surface area contributed by atoms with Crippen molar-refractivity contribution < 1.29 is 4.79 Å². The summed E-state index contributed by atoms with van der Waals surface area (Å²) < 4.78 is 0. The van der Waals surface area contributed by atoms with Crippen LogP contribution < -0.4 is 0 Å². The van der Waals surface area contributed by atoms with E-state index in [1.54, 1.807) is 0 Å². The maximum absolute atomic E-state index is 13.2. The Balaban J connectivity index is 1.47. The Morgan fingerprint density at radius 1 is 1.26 bits per heavy atom. The lowest BCUT2D eigenvalue weighted by atomic mass is 9.74. The van der Waals surface area contributed by atoms with Crippen molar-refractivity contribution in [1.82, 2.24) is 14.8 Å². The number of likely N-dealkylation sites (N-methyl/N-ethyl adjacent to an activating group) is 1. The van der Waals surface area contributed by atoms with Gasteiger partial charge in [-0.25, -0.2) is 0 Å². The highest BCUT2D eigenvalue weighted by Crippen LogP contribution is 2.42. The molecular weight excluding hydrogens is 334 g/mol. The summed E-state index contributed by atoms with van der Waals surface area (Å²) in [4.78, 5) is 21.1. The molecule has 1 N–H and O–H groups in total. The lowest BCUT2D eigenvalue weighted by molar-refractivity contribution is -0.147. The summed E-state index contributed by atoms with van der Waals surface area (Å²) >= 11 is 0. The van der Waals surface area contributed by atoms with Gasteiger partial charge in [-0.1, -0.05) is 32.1 Å². The van der Waals surface area contributed by atoms with Crippen LogP contribution in [0.5, 0.6) is 0 Å². The largest absolute Gasteiger partial charge is 0.361 e.